The van der Waals surface area contributed by atoms with Gasteiger partial charge in [-0.1, -0.05) is 22.9 Å². The van der Waals surface area contributed by atoms with Crippen LogP contribution in [0, 0.1) is 0 Å². The fraction of sp³-hybridized carbons (Fsp3) is 0.261. The molecule has 1 aliphatic heterocycles. The number of amides is 1. The van der Waals surface area contributed by atoms with E-state index in [-0.39, 0.29) is 10.0 Å². The number of carbonyl (C=O) groups excluding carboxylic acids is 1. The number of anilines is 2. The predicted octanol–water partition coefficient (Wildman–Crippen LogP) is 3.24. The summed E-state index contributed by atoms with van der Waals surface area (Å²) in [6.45, 7) is 2.68. The molecule has 0 aliphatic carbocycles. The molecular weight excluding hydrogens is 504 g/mol. The molecule has 0 unspecified atom stereocenters. The van der Waals surface area contributed by atoms with Gasteiger partial charge >= 0.3 is 5.95 Å². The molecule has 1 amide bonds. The highest BCUT2D eigenvalue weighted by atomic mass is 35.5. The van der Waals surface area contributed by atoms with Gasteiger partial charge in [0.25, 0.3) is 5.91 Å². The standard InChI is InChI=1S/C23H23ClN8O3S/c1-32(2,23-26-11-14(12-27-23)22(33)30-34)18-10-17-19(36-18)21(31-5-7-35-8-6-31)29-20(28-17)13-3-4-16(25)15(24)9-13/h3-4,9-12H,5-8H2,1-2H3,(H3-,25,28,29,30,33,34)/p+1. The number of hydrogen-bond acceptors (Lipinski definition) is 10. The number of ether oxygens (including phenoxy) is 1. The van der Waals surface area contributed by atoms with Crippen LogP contribution in [0.5, 0.6) is 0 Å². The van der Waals surface area contributed by atoms with Gasteiger partial charge in [0.2, 0.25) is 0 Å². The van der Waals surface area contributed by atoms with Crippen LogP contribution in [-0.4, -0.2) is 71.4 Å². The van der Waals surface area contributed by atoms with Crippen molar-refractivity contribution in [2.75, 3.05) is 51.0 Å². The Kier molecular flexibility index (Phi) is 6.45. The highest BCUT2D eigenvalue weighted by molar-refractivity contribution is 7.23. The monoisotopic (exact) mass is 527 g/mol. The quantitative estimate of drug-likeness (QED) is 0.154. The summed E-state index contributed by atoms with van der Waals surface area (Å²) in [6, 6.07) is 7.38. The lowest BCUT2D eigenvalue weighted by atomic mass is 10.2. The first-order valence-corrected chi connectivity index (χ1v) is 12.3. The number of nitrogens with two attached hydrogens (primary N) is 1. The number of benzene rings is 1. The molecule has 0 radical (unpaired) electrons. The van der Waals surface area contributed by atoms with Crippen LogP contribution >= 0.6 is 22.9 Å². The van der Waals surface area contributed by atoms with Crippen molar-refractivity contribution in [1.82, 2.24) is 29.9 Å². The number of nitrogen functional groups attached to an aromatic ring is 1. The number of morpholine rings is 1. The Hall–Kier alpha value is -3.42. The van der Waals surface area contributed by atoms with E-state index in [4.69, 9.17) is 37.2 Å². The maximum absolute atomic E-state index is 11.7. The minimum atomic E-state index is -0.672. The van der Waals surface area contributed by atoms with Gasteiger partial charge in [-0.2, -0.15) is 9.97 Å². The largest absolute Gasteiger partial charge is 0.398 e. The average Bonchev–Trinajstić information content (AvgIpc) is 3.35. The van der Waals surface area contributed by atoms with E-state index >= 15 is 0 Å². The number of hydrogen-bond donors (Lipinski definition) is 3. The lowest BCUT2D eigenvalue weighted by Crippen LogP contribution is -2.37. The summed E-state index contributed by atoms with van der Waals surface area (Å²) in [5, 5.41) is 10.2. The molecule has 13 heteroatoms. The molecule has 0 atom stereocenters. The predicted molar refractivity (Wildman–Crippen MR) is 140 cm³/mol. The summed E-state index contributed by atoms with van der Waals surface area (Å²) in [5.41, 5.74) is 9.70. The number of thiophene rings is 1. The molecule has 36 heavy (non-hydrogen) atoms. The van der Waals surface area contributed by atoms with E-state index in [0.29, 0.717) is 35.7 Å². The zero-order chi connectivity index (χ0) is 25.4. The molecule has 0 bridgehead atoms. The van der Waals surface area contributed by atoms with Crippen LogP contribution in [0.2, 0.25) is 5.02 Å². The third-order valence-corrected chi connectivity index (χ3v) is 7.67. The molecule has 1 aliphatic rings. The fourth-order valence-electron chi connectivity index (χ4n) is 3.85. The molecule has 4 aromatic rings. The Labute approximate surface area is 215 Å². The van der Waals surface area contributed by atoms with Crippen LogP contribution in [0.15, 0.2) is 36.7 Å². The second kappa shape index (κ2) is 9.56. The Morgan fingerprint density at radius 1 is 1.19 bits per heavy atom. The number of quaternary nitrogens is 1. The third kappa shape index (κ3) is 4.45. The Morgan fingerprint density at radius 3 is 2.58 bits per heavy atom. The van der Waals surface area contributed by atoms with Gasteiger partial charge < -0.3 is 15.4 Å². The van der Waals surface area contributed by atoms with Crippen molar-refractivity contribution in [3.8, 4) is 11.4 Å². The summed E-state index contributed by atoms with van der Waals surface area (Å²) in [6.07, 6.45) is 2.76. The van der Waals surface area contributed by atoms with Crippen LogP contribution in [0.4, 0.5) is 22.5 Å². The van der Waals surface area contributed by atoms with Gasteiger partial charge in [-0.25, -0.2) is 19.9 Å². The third-order valence-electron chi connectivity index (χ3n) is 5.96. The molecule has 1 saturated heterocycles. The van der Waals surface area contributed by atoms with E-state index in [2.05, 4.69) is 14.9 Å². The second-order valence-electron chi connectivity index (χ2n) is 8.67. The van der Waals surface area contributed by atoms with Crippen molar-refractivity contribution in [3.63, 3.8) is 0 Å². The molecule has 1 fully saturated rings. The van der Waals surface area contributed by atoms with Crippen molar-refractivity contribution >= 4 is 61.5 Å². The Morgan fingerprint density at radius 2 is 1.92 bits per heavy atom. The highest BCUT2D eigenvalue weighted by Crippen LogP contribution is 2.42. The van der Waals surface area contributed by atoms with Crippen LogP contribution in [0.3, 0.4) is 0 Å². The Balaban J connectivity index is 1.61. The minimum absolute atomic E-state index is 0.157. The SMILES string of the molecule is C[N+](C)(c1ncc(C(=O)NO)cn1)c1cc2nc(-c3ccc(N)c(Cl)c3)nc(N3CCOCC3)c2s1. The average molecular weight is 528 g/mol. The number of hydroxylamine groups is 1. The number of rotatable bonds is 5. The normalized spacial score (nSPS) is 14.3. The van der Waals surface area contributed by atoms with Crippen LogP contribution in [-0.2, 0) is 4.74 Å². The van der Waals surface area contributed by atoms with E-state index in [1.54, 1.807) is 28.9 Å². The lowest BCUT2D eigenvalue weighted by Gasteiger charge is -2.28. The summed E-state index contributed by atoms with van der Waals surface area (Å²) >= 11 is 7.84. The van der Waals surface area contributed by atoms with Gasteiger partial charge in [-0.3, -0.25) is 10.0 Å². The van der Waals surface area contributed by atoms with Gasteiger partial charge in [0, 0.05) is 37.1 Å². The summed E-state index contributed by atoms with van der Waals surface area (Å²) in [5.74, 6) is 1.19. The van der Waals surface area contributed by atoms with E-state index < -0.39 is 5.91 Å². The smallest absolute Gasteiger partial charge is 0.334 e. The number of nitrogens with zero attached hydrogens (tertiary/aromatic N) is 6. The maximum atomic E-state index is 11.7. The van der Waals surface area contributed by atoms with Crippen LogP contribution < -0.4 is 20.6 Å². The molecule has 0 spiro atoms. The van der Waals surface area contributed by atoms with Gasteiger partial charge in [0.1, 0.15) is 4.70 Å². The number of fused-ring (bicyclic) bond motifs is 1. The molecule has 186 valence electrons. The van der Waals surface area contributed by atoms with Gasteiger partial charge in [0.05, 0.1) is 49.1 Å². The highest BCUT2D eigenvalue weighted by Gasteiger charge is 2.31. The molecule has 3 aromatic heterocycles. The molecule has 0 saturated carbocycles. The molecule has 11 nitrogen and oxygen atoms in total. The topological polar surface area (TPSA) is 139 Å². The van der Waals surface area contributed by atoms with Crippen molar-refractivity contribution < 1.29 is 14.7 Å². The zero-order valence-corrected chi connectivity index (χ0v) is 21.2. The van der Waals surface area contributed by atoms with E-state index in [9.17, 15) is 4.79 Å². The summed E-state index contributed by atoms with van der Waals surface area (Å²) < 4.78 is 6.71. The first-order valence-electron chi connectivity index (χ1n) is 11.1. The van der Waals surface area contributed by atoms with Crippen molar-refractivity contribution in [2.45, 2.75) is 0 Å². The lowest BCUT2D eigenvalue weighted by molar-refractivity contribution is 0.0705. The van der Waals surface area contributed by atoms with E-state index in [1.165, 1.54) is 12.4 Å². The molecule has 1 aromatic carbocycles. The zero-order valence-electron chi connectivity index (χ0n) is 19.6. The number of halogens is 1. The van der Waals surface area contributed by atoms with Crippen LogP contribution in [0.25, 0.3) is 21.6 Å². The number of carbonyl (C=O) groups is 1. The fourth-order valence-corrected chi connectivity index (χ4v) is 5.20. The number of nitrogens with one attached hydrogen (secondary N) is 1. The first kappa shape index (κ1) is 24.3. The maximum Gasteiger partial charge on any atom is 0.334 e. The van der Waals surface area contributed by atoms with E-state index in [0.717, 1.165) is 39.7 Å². The van der Waals surface area contributed by atoms with E-state index in [1.807, 2.05) is 26.2 Å². The molecule has 4 heterocycles. The van der Waals surface area contributed by atoms with Gasteiger partial charge in [-0.15, -0.1) is 0 Å². The number of aromatic nitrogens is 4. The summed E-state index contributed by atoms with van der Waals surface area (Å²) in [4.78, 5) is 32.4. The Bertz CT molecular complexity index is 1440. The second-order valence-corrected chi connectivity index (χ2v) is 10.1. The van der Waals surface area contributed by atoms with Crippen molar-refractivity contribution in [3.05, 3.63) is 47.2 Å². The first-order chi connectivity index (χ1) is 17.3. The summed E-state index contributed by atoms with van der Waals surface area (Å²) in [7, 11) is 3.91. The molecular formula is C23H24ClN8O3S+. The van der Waals surface area contributed by atoms with Crippen LogP contribution in [0.1, 0.15) is 10.4 Å². The molecule has 5 rings (SSSR count). The van der Waals surface area contributed by atoms with Gasteiger partial charge in [0.15, 0.2) is 16.6 Å². The minimum Gasteiger partial charge on any atom is -0.398 e. The van der Waals surface area contributed by atoms with Crippen molar-refractivity contribution in [2.24, 2.45) is 0 Å². The molecule has 4 N–H and O–H groups in total. The van der Waals surface area contributed by atoms with Crippen molar-refractivity contribution in [1.29, 1.82) is 0 Å². The van der Waals surface area contributed by atoms with Gasteiger partial charge in [-0.05, 0) is 18.2 Å².